The first-order valence-electron chi connectivity index (χ1n) is 8.18. The fourth-order valence-corrected chi connectivity index (χ4v) is 2.16. The van der Waals surface area contributed by atoms with Crippen LogP contribution < -0.4 is 10.6 Å². The van der Waals surface area contributed by atoms with Crippen LogP contribution in [-0.2, 0) is 9.53 Å². The number of phenolic OH excluding ortho intramolecular Hbond substituents is 1. The molecule has 0 aliphatic rings. The molecule has 0 aliphatic heterocycles. The van der Waals surface area contributed by atoms with Crippen LogP contribution in [0.4, 0.5) is 4.79 Å². The van der Waals surface area contributed by atoms with E-state index in [0.717, 1.165) is 5.56 Å². The van der Waals surface area contributed by atoms with Crippen molar-refractivity contribution in [2.75, 3.05) is 7.05 Å². The van der Waals surface area contributed by atoms with Gasteiger partial charge < -0.3 is 15.2 Å². The molecule has 0 unspecified atom stereocenters. The maximum Gasteiger partial charge on any atom is 0.342 e. The smallest absolute Gasteiger partial charge is 0.342 e. The van der Waals surface area contributed by atoms with Crippen LogP contribution in [0.25, 0.3) is 0 Å². The molecule has 7 heteroatoms. The van der Waals surface area contributed by atoms with Gasteiger partial charge in [0.25, 0.3) is 5.91 Å². The molecule has 3 amide bonds. The Bertz CT molecular complexity index is 668. The summed E-state index contributed by atoms with van der Waals surface area (Å²) in [5.41, 5.74) is 1.53. The molecular formula is C18H26N2O5. The third kappa shape index (κ3) is 5.20. The molecule has 25 heavy (non-hydrogen) atoms. The molecular weight excluding hydrogens is 324 g/mol. The van der Waals surface area contributed by atoms with E-state index in [0.29, 0.717) is 5.56 Å². The summed E-state index contributed by atoms with van der Waals surface area (Å²) in [7, 11) is 1.36. The van der Waals surface area contributed by atoms with Crippen LogP contribution in [0.15, 0.2) is 12.1 Å². The Labute approximate surface area is 147 Å². The predicted octanol–water partition coefficient (Wildman–Crippen LogP) is 2.64. The lowest BCUT2D eigenvalue weighted by atomic mass is 9.92. The topological polar surface area (TPSA) is 105 Å². The first-order chi connectivity index (χ1) is 11.6. The molecule has 0 spiro atoms. The number of urea groups is 1. The van der Waals surface area contributed by atoms with Gasteiger partial charge in [0.2, 0.25) is 0 Å². The molecule has 0 aromatic heterocycles. The van der Waals surface area contributed by atoms with Crippen molar-refractivity contribution < 1.29 is 24.2 Å². The highest BCUT2D eigenvalue weighted by molar-refractivity contribution is 5.99. The normalized spacial score (nSPS) is 12.0. The van der Waals surface area contributed by atoms with Crippen LogP contribution in [0.2, 0.25) is 0 Å². The number of aromatic hydroxyl groups is 1. The summed E-state index contributed by atoms with van der Waals surface area (Å²) >= 11 is 0. The Balaban J connectivity index is 3.08. The van der Waals surface area contributed by atoms with Crippen molar-refractivity contribution in [1.82, 2.24) is 10.6 Å². The molecule has 1 atom stereocenters. The number of esters is 1. The maximum absolute atomic E-state index is 12.4. The number of benzene rings is 1. The van der Waals surface area contributed by atoms with Crippen molar-refractivity contribution in [3.63, 3.8) is 0 Å². The zero-order valence-corrected chi connectivity index (χ0v) is 15.5. The van der Waals surface area contributed by atoms with Crippen molar-refractivity contribution in [1.29, 1.82) is 0 Å². The Kier molecular flexibility index (Phi) is 6.97. The van der Waals surface area contributed by atoms with Gasteiger partial charge in [-0.1, -0.05) is 33.8 Å². The van der Waals surface area contributed by atoms with Crippen LogP contribution in [0.1, 0.15) is 67.9 Å². The summed E-state index contributed by atoms with van der Waals surface area (Å²) in [6.45, 7) is 9.13. The molecule has 0 saturated carbocycles. The summed E-state index contributed by atoms with van der Waals surface area (Å²) in [6, 6.07) is 2.74. The first-order valence-corrected chi connectivity index (χ1v) is 8.18. The highest BCUT2D eigenvalue weighted by Gasteiger charge is 2.24. The molecule has 0 fully saturated rings. The van der Waals surface area contributed by atoms with E-state index >= 15 is 0 Å². The molecule has 3 N–H and O–H groups in total. The third-order valence-electron chi connectivity index (χ3n) is 3.79. The second-order valence-corrected chi connectivity index (χ2v) is 6.43. The number of carbonyl (C=O) groups is 3. The highest BCUT2D eigenvalue weighted by Crippen LogP contribution is 2.33. The molecule has 0 radical (unpaired) electrons. The number of carbonyl (C=O) groups excluding carboxylic acids is 3. The zero-order valence-electron chi connectivity index (χ0n) is 15.5. The summed E-state index contributed by atoms with van der Waals surface area (Å²) in [4.78, 5) is 35.4. The van der Waals surface area contributed by atoms with Gasteiger partial charge in [0.05, 0.1) is 0 Å². The number of hydrogen-bond donors (Lipinski definition) is 3. The zero-order chi connectivity index (χ0) is 19.3. The van der Waals surface area contributed by atoms with E-state index in [4.69, 9.17) is 4.74 Å². The standard InChI is InChI=1S/C18H26N2O5/c1-9(2)12-7-13(10(3)4)15(21)14(8-12)17(23)25-11(5)16(22)20-18(24)19-6/h7-11,21H,1-6H3,(H2,19,20,22,24)/t11-/m1/s1. The van der Waals surface area contributed by atoms with E-state index in [1.165, 1.54) is 14.0 Å². The van der Waals surface area contributed by atoms with Gasteiger partial charge in [-0.05, 0) is 36.0 Å². The lowest BCUT2D eigenvalue weighted by molar-refractivity contribution is -0.127. The van der Waals surface area contributed by atoms with Gasteiger partial charge in [0.15, 0.2) is 6.10 Å². The van der Waals surface area contributed by atoms with Crippen LogP contribution in [0.5, 0.6) is 5.75 Å². The second-order valence-electron chi connectivity index (χ2n) is 6.43. The monoisotopic (exact) mass is 350 g/mol. The molecule has 1 aromatic carbocycles. The van der Waals surface area contributed by atoms with Crippen molar-refractivity contribution in [2.24, 2.45) is 0 Å². The van der Waals surface area contributed by atoms with Crippen LogP contribution in [-0.4, -0.2) is 36.2 Å². The number of hydrogen-bond acceptors (Lipinski definition) is 5. The van der Waals surface area contributed by atoms with Crippen molar-refractivity contribution in [3.05, 3.63) is 28.8 Å². The molecule has 0 heterocycles. The van der Waals surface area contributed by atoms with Gasteiger partial charge in [0.1, 0.15) is 11.3 Å². The molecule has 1 aromatic rings. The second kappa shape index (κ2) is 8.50. The fourth-order valence-electron chi connectivity index (χ4n) is 2.16. The molecule has 0 aliphatic carbocycles. The highest BCUT2D eigenvalue weighted by atomic mass is 16.5. The van der Waals surface area contributed by atoms with Gasteiger partial charge in [-0.3, -0.25) is 10.1 Å². The van der Waals surface area contributed by atoms with E-state index in [-0.39, 0.29) is 23.1 Å². The Morgan fingerprint density at radius 2 is 1.64 bits per heavy atom. The molecule has 7 nitrogen and oxygen atoms in total. The van der Waals surface area contributed by atoms with Gasteiger partial charge in [-0.15, -0.1) is 0 Å². The Morgan fingerprint density at radius 1 is 1.04 bits per heavy atom. The maximum atomic E-state index is 12.4. The number of phenols is 1. The van der Waals surface area contributed by atoms with Crippen molar-refractivity contribution >= 4 is 17.9 Å². The minimum atomic E-state index is -1.19. The number of imide groups is 1. The lowest BCUT2D eigenvalue weighted by Crippen LogP contribution is -2.43. The summed E-state index contributed by atoms with van der Waals surface area (Å²) < 4.78 is 5.10. The average molecular weight is 350 g/mol. The first kappa shape index (κ1) is 20.5. The van der Waals surface area contributed by atoms with E-state index in [1.54, 1.807) is 6.07 Å². The van der Waals surface area contributed by atoms with Gasteiger partial charge in [-0.2, -0.15) is 0 Å². The summed E-state index contributed by atoms with van der Waals surface area (Å²) in [6.07, 6.45) is -1.19. The van der Waals surface area contributed by atoms with Crippen LogP contribution in [0, 0.1) is 0 Å². The third-order valence-corrected chi connectivity index (χ3v) is 3.79. The van der Waals surface area contributed by atoms with Gasteiger partial charge >= 0.3 is 12.0 Å². The van der Waals surface area contributed by atoms with Gasteiger partial charge in [0, 0.05) is 7.05 Å². The largest absolute Gasteiger partial charge is 0.507 e. The SMILES string of the molecule is CNC(=O)NC(=O)[C@@H](C)OC(=O)c1cc(C(C)C)cc(C(C)C)c1O. The fraction of sp³-hybridized carbons (Fsp3) is 0.500. The van der Waals surface area contributed by atoms with E-state index in [2.05, 4.69) is 5.32 Å². The average Bonchev–Trinajstić information content (AvgIpc) is 2.53. The van der Waals surface area contributed by atoms with E-state index in [9.17, 15) is 19.5 Å². The molecule has 138 valence electrons. The van der Waals surface area contributed by atoms with Gasteiger partial charge in [-0.25, -0.2) is 9.59 Å². The van der Waals surface area contributed by atoms with Crippen LogP contribution in [0.3, 0.4) is 0 Å². The minimum absolute atomic E-state index is 0.00879. The van der Waals surface area contributed by atoms with Crippen molar-refractivity contribution in [3.8, 4) is 5.75 Å². The summed E-state index contributed by atoms with van der Waals surface area (Å²) in [5, 5.41) is 14.7. The number of ether oxygens (including phenoxy) is 1. The quantitative estimate of drug-likeness (QED) is 0.708. The Morgan fingerprint density at radius 3 is 2.12 bits per heavy atom. The number of amides is 3. The van der Waals surface area contributed by atoms with E-state index < -0.39 is 24.0 Å². The summed E-state index contributed by atoms with van der Waals surface area (Å²) in [5.74, 6) is -1.56. The molecule has 1 rings (SSSR count). The van der Waals surface area contributed by atoms with Crippen molar-refractivity contribution in [2.45, 2.75) is 52.6 Å². The number of rotatable bonds is 5. The lowest BCUT2D eigenvalue weighted by Gasteiger charge is -2.18. The van der Waals surface area contributed by atoms with Crippen LogP contribution >= 0.6 is 0 Å². The minimum Gasteiger partial charge on any atom is -0.507 e. The molecule has 0 bridgehead atoms. The Hall–Kier alpha value is -2.57. The van der Waals surface area contributed by atoms with E-state index in [1.807, 2.05) is 39.1 Å². The molecule has 0 saturated heterocycles. The predicted molar refractivity (Wildman–Crippen MR) is 93.8 cm³/mol. The number of nitrogens with one attached hydrogen (secondary N) is 2.